The van der Waals surface area contributed by atoms with E-state index in [-0.39, 0.29) is 29.9 Å². The minimum atomic E-state index is 0. The van der Waals surface area contributed by atoms with Gasteiger partial charge in [0.05, 0.1) is 0 Å². The molecule has 2 heterocycles. The highest BCUT2D eigenvalue weighted by molar-refractivity contribution is 14.0. The summed E-state index contributed by atoms with van der Waals surface area (Å²) in [6.07, 6.45) is 2.48. The van der Waals surface area contributed by atoms with E-state index in [0.717, 1.165) is 43.4 Å². The predicted octanol–water partition coefficient (Wildman–Crippen LogP) is 3.06. The molecule has 2 aromatic rings. The van der Waals surface area contributed by atoms with E-state index in [1.165, 1.54) is 16.7 Å². The maximum atomic E-state index is 12.0. The number of nitrogens with one attached hydrogen (secondary N) is 2. The molecule has 2 aliphatic heterocycles. The lowest BCUT2D eigenvalue weighted by molar-refractivity contribution is -0.128. The fraction of sp³-hybridized carbons (Fsp3) is 0.391. The Hall–Kier alpha value is -2.49. The number of hydrogen-bond donors (Lipinski definition) is 2. The molecule has 0 saturated carbocycles. The molecule has 166 valence electrons. The Kier molecular flexibility index (Phi) is 8.39. The number of amides is 1. The lowest BCUT2D eigenvalue weighted by atomic mass is 10.1. The Bertz CT molecular complexity index is 935. The van der Waals surface area contributed by atoms with E-state index in [4.69, 9.17) is 9.47 Å². The standard InChI is InChI=1S/C23H28N4O3.HI/c1-24-23(25-11-10-17-8-9-20-21(13-17)30-16-29-20)26-14-18-5-2-3-6-19(18)15-27-12-4-7-22(27)28;/h2-3,5-6,8-9,13H,4,7,10-12,14-16H2,1H3,(H2,24,25,26);1H. The molecule has 1 amide bonds. The quantitative estimate of drug-likeness (QED) is 0.324. The molecule has 0 aromatic heterocycles. The van der Waals surface area contributed by atoms with E-state index in [0.29, 0.717) is 26.3 Å². The van der Waals surface area contributed by atoms with Gasteiger partial charge in [-0.15, -0.1) is 24.0 Å². The van der Waals surface area contributed by atoms with Crippen molar-refractivity contribution in [3.05, 3.63) is 59.2 Å². The number of guanidine groups is 1. The Labute approximate surface area is 200 Å². The van der Waals surface area contributed by atoms with Crippen molar-refractivity contribution in [1.29, 1.82) is 0 Å². The summed E-state index contributed by atoms with van der Waals surface area (Å²) in [5.41, 5.74) is 3.54. The van der Waals surface area contributed by atoms with Crippen LogP contribution in [0.15, 0.2) is 47.5 Å². The molecule has 8 heteroatoms. The summed E-state index contributed by atoms with van der Waals surface area (Å²) in [5.74, 6) is 2.61. The van der Waals surface area contributed by atoms with E-state index < -0.39 is 0 Å². The highest BCUT2D eigenvalue weighted by Gasteiger charge is 2.20. The van der Waals surface area contributed by atoms with Crippen LogP contribution >= 0.6 is 24.0 Å². The second-order valence-electron chi connectivity index (χ2n) is 7.48. The van der Waals surface area contributed by atoms with Crippen LogP contribution in [-0.4, -0.2) is 43.7 Å². The van der Waals surface area contributed by atoms with Crippen LogP contribution in [0, 0.1) is 0 Å². The molecule has 0 atom stereocenters. The van der Waals surface area contributed by atoms with Crippen molar-refractivity contribution in [3.8, 4) is 11.5 Å². The first-order valence-corrected chi connectivity index (χ1v) is 10.4. The van der Waals surface area contributed by atoms with Crippen molar-refractivity contribution in [2.45, 2.75) is 32.4 Å². The van der Waals surface area contributed by atoms with Gasteiger partial charge in [-0.2, -0.15) is 0 Å². The minimum absolute atomic E-state index is 0. The van der Waals surface area contributed by atoms with Gasteiger partial charge in [0.1, 0.15) is 0 Å². The van der Waals surface area contributed by atoms with Crippen molar-refractivity contribution in [1.82, 2.24) is 15.5 Å². The van der Waals surface area contributed by atoms with Crippen LogP contribution in [-0.2, 0) is 24.3 Å². The molecular weight excluding hydrogens is 507 g/mol. The van der Waals surface area contributed by atoms with Gasteiger partial charge in [-0.3, -0.25) is 9.79 Å². The van der Waals surface area contributed by atoms with Crippen molar-refractivity contribution in [2.75, 3.05) is 26.9 Å². The first-order valence-electron chi connectivity index (χ1n) is 10.4. The Morgan fingerprint density at radius 3 is 2.68 bits per heavy atom. The number of fused-ring (bicyclic) bond motifs is 1. The first kappa shape index (κ1) is 23.2. The maximum Gasteiger partial charge on any atom is 0.231 e. The number of carbonyl (C=O) groups excluding carboxylic acids is 1. The van der Waals surface area contributed by atoms with Gasteiger partial charge in [-0.1, -0.05) is 30.3 Å². The van der Waals surface area contributed by atoms with Crippen molar-refractivity contribution in [2.24, 2.45) is 4.99 Å². The van der Waals surface area contributed by atoms with E-state index in [1.54, 1.807) is 7.05 Å². The summed E-state index contributed by atoms with van der Waals surface area (Å²) in [6, 6.07) is 14.3. The van der Waals surface area contributed by atoms with Crippen LogP contribution in [0.25, 0.3) is 0 Å². The molecule has 0 aliphatic carbocycles. The van der Waals surface area contributed by atoms with Gasteiger partial charge in [0.15, 0.2) is 17.5 Å². The van der Waals surface area contributed by atoms with Gasteiger partial charge in [-0.05, 0) is 41.7 Å². The predicted molar refractivity (Wildman–Crippen MR) is 131 cm³/mol. The Balaban J connectivity index is 0.00000272. The highest BCUT2D eigenvalue weighted by atomic mass is 127. The number of rotatable bonds is 7. The normalized spacial score (nSPS) is 15.1. The fourth-order valence-electron chi connectivity index (χ4n) is 3.78. The summed E-state index contributed by atoms with van der Waals surface area (Å²) in [5, 5.41) is 6.74. The molecule has 1 fully saturated rings. The molecule has 2 aliphatic rings. The molecule has 0 unspecified atom stereocenters. The summed E-state index contributed by atoms with van der Waals surface area (Å²) in [7, 11) is 1.77. The molecular formula is C23H29IN4O3. The maximum absolute atomic E-state index is 12.0. The van der Waals surface area contributed by atoms with Crippen LogP contribution in [0.3, 0.4) is 0 Å². The third kappa shape index (κ3) is 6.03. The molecule has 31 heavy (non-hydrogen) atoms. The SMILES string of the molecule is CN=C(NCCc1ccc2c(c1)OCO2)NCc1ccccc1CN1CCCC1=O.I. The number of benzene rings is 2. The summed E-state index contributed by atoms with van der Waals surface area (Å²) < 4.78 is 10.8. The van der Waals surface area contributed by atoms with E-state index in [2.05, 4.69) is 33.8 Å². The van der Waals surface area contributed by atoms with E-state index >= 15 is 0 Å². The highest BCUT2D eigenvalue weighted by Crippen LogP contribution is 2.32. The number of halogens is 1. The van der Waals surface area contributed by atoms with E-state index in [9.17, 15) is 4.79 Å². The number of ether oxygens (including phenoxy) is 2. The van der Waals surface area contributed by atoms with Crippen molar-refractivity contribution < 1.29 is 14.3 Å². The largest absolute Gasteiger partial charge is 0.454 e. The number of likely N-dealkylation sites (tertiary alicyclic amines) is 1. The zero-order chi connectivity index (χ0) is 20.8. The molecule has 2 N–H and O–H groups in total. The zero-order valence-corrected chi connectivity index (χ0v) is 20.1. The van der Waals surface area contributed by atoms with Crippen LogP contribution in [0.2, 0.25) is 0 Å². The van der Waals surface area contributed by atoms with Crippen molar-refractivity contribution in [3.63, 3.8) is 0 Å². The molecule has 0 spiro atoms. The number of carbonyl (C=O) groups is 1. The molecule has 0 radical (unpaired) electrons. The third-order valence-corrected chi connectivity index (χ3v) is 5.46. The Morgan fingerprint density at radius 1 is 1.10 bits per heavy atom. The molecule has 7 nitrogen and oxygen atoms in total. The topological polar surface area (TPSA) is 75.2 Å². The minimum Gasteiger partial charge on any atom is -0.454 e. The van der Waals surface area contributed by atoms with Gasteiger partial charge in [0.2, 0.25) is 12.7 Å². The van der Waals surface area contributed by atoms with E-state index in [1.807, 2.05) is 29.2 Å². The number of hydrogen-bond acceptors (Lipinski definition) is 4. The average Bonchev–Trinajstić information content (AvgIpc) is 3.40. The van der Waals surface area contributed by atoms with Crippen LogP contribution in [0.1, 0.15) is 29.5 Å². The second-order valence-corrected chi connectivity index (χ2v) is 7.48. The fourth-order valence-corrected chi connectivity index (χ4v) is 3.78. The monoisotopic (exact) mass is 536 g/mol. The lowest BCUT2D eigenvalue weighted by Crippen LogP contribution is -2.38. The Morgan fingerprint density at radius 2 is 1.90 bits per heavy atom. The van der Waals surface area contributed by atoms with Crippen LogP contribution in [0.5, 0.6) is 11.5 Å². The average molecular weight is 536 g/mol. The number of aliphatic imine (C=N–C) groups is 1. The van der Waals surface area contributed by atoms with Gasteiger partial charge in [0.25, 0.3) is 0 Å². The first-order chi connectivity index (χ1) is 14.7. The summed E-state index contributed by atoms with van der Waals surface area (Å²) in [4.78, 5) is 18.2. The third-order valence-electron chi connectivity index (χ3n) is 5.46. The molecule has 1 saturated heterocycles. The van der Waals surface area contributed by atoms with Crippen LogP contribution in [0.4, 0.5) is 0 Å². The molecule has 2 aromatic carbocycles. The van der Waals surface area contributed by atoms with Gasteiger partial charge >= 0.3 is 0 Å². The van der Waals surface area contributed by atoms with Gasteiger partial charge in [-0.25, -0.2) is 0 Å². The smallest absolute Gasteiger partial charge is 0.231 e. The molecule has 0 bridgehead atoms. The lowest BCUT2D eigenvalue weighted by Gasteiger charge is -2.19. The summed E-state index contributed by atoms with van der Waals surface area (Å²) in [6.45, 7) is 3.22. The van der Waals surface area contributed by atoms with Gasteiger partial charge in [0, 0.05) is 39.6 Å². The summed E-state index contributed by atoms with van der Waals surface area (Å²) >= 11 is 0. The van der Waals surface area contributed by atoms with Crippen LogP contribution < -0.4 is 20.1 Å². The second kappa shape index (κ2) is 11.2. The number of nitrogens with zero attached hydrogens (tertiary/aromatic N) is 2. The van der Waals surface area contributed by atoms with Gasteiger partial charge < -0.3 is 25.0 Å². The molecule has 4 rings (SSSR count). The van der Waals surface area contributed by atoms with Crippen molar-refractivity contribution >= 4 is 35.8 Å². The zero-order valence-electron chi connectivity index (χ0n) is 17.7.